The van der Waals surface area contributed by atoms with E-state index >= 15 is 0 Å². The van der Waals surface area contributed by atoms with Crippen LogP contribution < -0.4 is 0 Å². The molecule has 118 valence electrons. The first-order valence-electron chi connectivity index (χ1n) is 8.08. The summed E-state index contributed by atoms with van der Waals surface area (Å²) in [5.41, 5.74) is 5.55. The molecule has 23 heavy (non-hydrogen) atoms. The summed E-state index contributed by atoms with van der Waals surface area (Å²) in [6.07, 6.45) is 0.705. The number of β-amino-alcohol motifs (C(OH)–C–C–N with tert-alkyl or cyclic N) is 1. The number of thiazole rings is 1. The highest BCUT2D eigenvalue weighted by Crippen LogP contribution is 2.30. The van der Waals surface area contributed by atoms with Crippen LogP contribution in [0.4, 0.5) is 0 Å². The summed E-state index contributed by atoms with van der Waals surface area (Å²) in [7, 11) is 0. The Balaban J connectivity index is 1.48. The molecule has 1 aliphatic rings. The predicted molar refractivity (Wildman–Crippen MR) is 94.7 cm³/mol. The van der Waals surface area contributed by atoms with E-state index in [9.17, 15) is 5.11 Å². The third kappa shape index (κ3) is 3.02. The molecular weight excluding hydrogens is 304 g/mol. The number of rotatable bonds is 3. The summed E-state index contributed by atoms with van der Waals surface area (Å²) in [6, 6.07) is 16.7. The molecule has 1 N–H and O–H groups in total. The van der Waals surface area contributed by atoms with Gasteiger partial charge in [-0.1, -0.05) is 42.5 Å². The summed E-state index contributed by atoms with van der Waals surface area (Å²) < 4.78 is 1.27. The van der Waals surface area contributed by atoms with Crippen LogP contribution in [0.25, 0.3) is 10.2 Å². The number of nitrogens with zero attached hydrogens (tertiary/aromatic N) is 2. The Hall–Kier alpha value is -1.75. The van der Waals surface area contributed by atoms with Crippen LogP contribution in [0.1, 0.15) is 23.5 Å². The maximum Gasteiger partial charge on any atom is 0.0815 e. The van der Waals surface area contributed by atoms with Crippen LogP contribution in [0.2, 0.25) is 0 Å². The minimum atomic E-state index is -0.299. The van der Waals surface area contributed by atoms with Gasteiger partial charge < -0.3 is 5.11 Å². The minimum Gasteiger partial charge on any atom is -0.391 e. The third-order valence-electron chi connectivity index (χ3n) is 4.73. The number of aliphatic hydroxyl groups is 1. The van der Waals surface area contributed by atoms with Crippen LogP contribution in [0.15, 0.2) is 54.0 Å². The van der Waals surface area contributed by atoms with Gasteiger partial charge in [-0.25, -0.2) is 4.98 Å². The first-order chi connectivity index (χ1) is 11.3. The summed E-state index contributed by atoms with van der Waals surface area (Å²) in [6.45, 7) is 2.64. The first-order valence-corrected chi connectivity index (χ1v) is 8.95. The van der Waals surface area contributed by atoms with Gasteiger partial charge in [-0.15, -0.1) is 11.3 Å². The van der Waals surface area contributed by atoms with Crippen molar-refractivity contribution < 1.29 is 5.11 Å². The van der Waals surface area contributed by atoms with Gasteiger partial charge in [-0.2, -0.15) is 0 Å². The Morgan fingerprint density at radius 1 is 1.13 bits per heavy atom. The molecule has 0 aliphatic carbocycles. The van der Waals surface area contributed by atoms with Gasteiger partial charge in [0.2, 0.25) is 0 Å². The standard InChI is InChI=1S/C19H20N2OS/c22-18-12-21(10-9-16(18)14-5-2-1-3-6-14)11-15-7-4-8-17-19(15)23-13-20-17/h1-8,13,16,18,22H,9-12H2/t16-,18+/m0/s1. The molecule has 4 rings (SSSR count). The largest absolute Gasteiger partial charge is 0.391 e. The van der Waals surface area contributed by atoms with Gasteiger partial charge in [-0.05, 0) is 30.2 Å². The molecule has 0 saturated carbocycles. The molecule has 0 unspecified atom stereocenters. The molecule has 3 aromatic rings. The van der Waals surface area contributed by atoms with Gasteiger partial charge >= 0.3 is 0 Å². The van der Waals surface area contributed by atoms with E-state index in [0.717, 1.165) is 31.6 Å². The number of likely N-dealkylation sites (tertiary alicyclic amines) is 1. The lowest BCUT2D eigenvalue weighted by Gasteiger charge is -2.36. The van der Waals surface area contributed by atoms with Crippen molar-refractivity contribution in [2.75, 3.05) is 13.1 Å². The monoisotopic (exact) mass is 324 g/mol. The van der Waals surface area contributed by atoms with Gasteiger partial charge in [0.05, 0.1) is 21.8 Å². The lowest BCUT2D eigenvalue weighted by molar-refractivity contribution is 0.0479. The van der Waals surface area contributed by atoms with E-state index in [-0.39, 0.29) is 12.0 Å². The van der Waals surface area contributed by atoms with Crippen molar-refractivity contribution in [1.29, 1.82) is 0 Å². The average Bonchev–Trinajstić information content (AvgIpc) is 3.06. The van der Waals surface area contributed by atoms with E-state index in [2.05, 4.69) is 52.3 Å². The minimum absolute atomic E-state index is 0.256. The van der Waals surface area contributed by atoms with Crippen molar-refractivity contribution in [1.82, 2.24) is 9.88 Å². The van der Waals surface area contributed by atoms with E-state index in [1.54, 1.807) is 11.3 Å². The molecule has 0 radical (unpaired) electrons. The Labute approximate surface area is 140 Å². The zero-order chi connectivity index (χ0) is 15.6. The smallest absolute Gasteiger partial charge is 0.0815 e. The van der Waals surface area contributed by atoms with Crippen LogP contribution in [-0.2, 0) is 6.54 Å². The number of hydrogen-bond donors (Lipinski definition) is 1. The molecule has 1 aliphatic heterocycles. The Morgan fingerprint density at radius 2 is 2.00 bits per heavy atom. The van der Waals surface area contributed by atoms with Gasteiger partial charge in [-0.3, -0.25) is 4.90 Å². The molecule has 1 fully saturated rings. The lowest BCUT2D eigenvalue weighted by Crippen LogP contribution is -2.42. The molecular formula is C19H20N2OS. The van der Waals surface area contributed by atoms with E-state index in [4.69, 9.17) is 0 Å². The van der Waals surface area contributed by atoms with Crippen LogP contribution >= 0.6 is 11.3 Å². The van der Waals surface area contributed by atoms with E-state index in [1.807, 2.05) is 11.6 Å². The quantitative estimate of drug-likeness (QED) is 0.799. The second-order valence-electron chi connectivity index (χ2n) is 6.23. The van der Waals surface area contributed by atoms with Crippen molar-refractivity contribution >= 4 is 21.6 Å². The average molecular weight is 324 g/mol. The molecule has 2 aromatic carbocycles. The SMILES string of the molecule is O[C@@H]1CN(Cc2cccc3ncsc23)CC[C@H]1c1ccccc1. The van der Waals surface area contributed by atoms with E-state index in [0.29, 0.717) is 0 Å². The van der Waals surface area contributed by atoms with E-state index in [1.165, 1.54) is 15.8 Å². The molecule has 3 nitrogen and oxygen atoms in total. The highest BCUT2D eigenvalue weighted by atomic mass is 32.1. The maximum atomic E-state index is 10.6. The topological polar surface area (TPSA) is 36.4 Å². The Morgan fingerprint density at radius 3 is 2.83 bits per heavy atom. The van der Waals surface area contributed by atoms with Crippen molar-refractivity contribution in [2.45, 2.75) is 25.0 Å². The van der Waals surface area contributed by atoms with E-state index < -0.39 is 0 Å². The molecule has 1 aromatic heterocycles. The summed E-state index contributed by atoms with van der Waals surface area (Å²) >= 11 is 1.70. The normalized spacial score (nSPS) is 22.5. The first kappa shape index (κ1) is 14.8. The van der Waals surface area contributed by atoms with Gasteiger partial charge in [0.25, 0.3) is 0 Å². The van der Waals surface area contributed by atoms with Crippen molar-refractivity contribution in [2.24, 2.45) is 0 Å². The second-order valence-corrected chi connectivity index (χ2v) is 7.08. The lowest BCUT2D eigenvalue weighted by atomic mass is 9.87. The fourth-order valence-corrected chi connectivity index (χ4v) is 4.34. The highest BCUT2D eigenvalue weighted by molar-refractivity contribution is 7.16. The van der Waals surface area contributed by atoms with Crippen LogP contribution in [-0.4, -0.2) is 34.2 Å². The molecule has 2 heterocycles. The molecule has 4 heteroatoms. The fourth-order valence-electron chi connectivity index (χ4n) is 3.54. The summed E-state index contributed by atoms with van der Waals surface area (Å²) in [4.78, 5) is 6.75. The zero-order valence-electron chi connectivity index (χ0n) is 12.9. The number of fused-ring (bicyclic) bond motifs is 1. The predicted octanol–water partition coefficient (Wildman–Crippen LogP) is 3.65. The number of hydrogen-bond acceptors (Lipinski definition) is 4. The molecule has 2 atom stereocenters. The molecule has 0 spiro atoms. The maximum absolute atomic E-state index is 10.6. The van der Waals surface area contributed by atoms with Gasteiger partial charge in [0.1, 0.15) is 0 Å². The molecule has 0 amide bonds. The van der Waals surface area contributed by atoms with Crippen LogP contribution in [0.5, 0.6) is 0 Å². The Kier molecular flexibility index (Phi) is 4.12. The summed E-state index contributed by atoms with van der Waals surface area (Å²) in [5, 5.41) is 10.6. The number of benzene rings is 2. The van der Waals surface area contributed by atoms with Crippen molar-refractivity contribution in [3.8, 4) is 0 Å². The Bertz CT molecular complexity index is 786. The van der Waals surface area contributed by atoms with Gasteiger partial charge in [0.15, 0.2) is 0 Å². The van der Waals surface area contributed by atoms with Gasteiger partial charge in [0, 0.05) is 19.0 Å². The van der Waals surface area contributed by atoms with Crippen LogP contribution in [0, 0.1) is 0 Å². The fraction of sp³-hybridized carbons (Fsp3) is 0.316. The number of piperidine rings is 1. The summed E-state index contributed by atoms with van der Waals surface area (Å²) in [5.74, 6) is 0.256. The van der Waals surface area contributed by atoms with Crippen LogP contribution in [0.3, 0.4) is 0 Å². The number of aromatic nitrogens is 1. The molecule has 0 bridgehead atoms. The zero-order valence-corrected chi connectivity index (χ0v) is 13.7. The van der Waals surface area contributed by atoms with Crippen molar-refractivity contribution in [3.63, 3.8) is 0 Å². The van der Waals surface area contributed by atoms with Crippen molar-refractivity contribution in [3.05, 3.63) is 65.2 Å². The second kappa shape index (κ2) is 6.40. The molecule has 1 saturated heterocycles. The third-order valence-corrected chi connectivity index (χ3v) is 5.64. The highest BCUT2D eigenvalue weighted by Gasteiger charge is 2.28. The number of aliphatic hydroxyl groups excluding tert-OH is 1.